The highest BCUT2D eigenvalue weighted by atomic mass is 79.9. The van der Waals surface area contributed by atoms with Crippen molar-refractivity contribution < 1.29 is 4.74 Å². The van der Waals surface area contributed by atoms with E-state index in [4.69, 9.17) is 4.74 Å². The summed E-state index contributed by atoms with van der Waals surface area (Å²) in [6, 6.07) is 7.94. The molecular formula is C12H14BrNO. The molecule has 0 aromatic heterocycles. The molecule has 15 heavy (non-hydrogen) atoms. The van der Waals surface area contributed by atoms with E-state index in [-0.39, 0.29) is 0 Å². The third-order valence-corrected chi connectivity index (χ3v) is 2.92. The molecular weight excluding hydrogens is 254 g/mol. The lowest BCUT2D eigenvalue weighted by atomic mass is 10.1. The molecule has 0 fully saturated rings. The highest BCUT2D eigenvalue weighted by molar-refractivity contribution is 9.10. The molecule has 0 unspecified atom stereocenters. The Balaban J connectivity index is 1.87. The molecule has 0 radical (unpaired) electrons. The summed E-state index contributed by atoms with van der Waals surface area (Å²) in [5.41, 5.74) is 1.39. The number of hydrogen-bond acceptors (Lipinski definition) is 2. The number of benzene rings is 1. The van der Waals surface area contributed by atoms with Crippen LogP contribution in [-0.2, 0) is 0 Å². The fraction of sp³-hybridized carbons (Fsp3) is 0.333. The predicted molar refractivity (Wildman–Crippen MR) is 65.2 cm³/mol. The van der Waals surface area contributed by atoms with Crippen LogP contribution < -0.4 is 10.1 Å². The Labute approximate surface area is 98.5 Å². The van der Waals surface area contributed by atoms with E-state index < -0.39 is 0 Å². The van der Waals surface area contributed by atoms with E-state index in [1.165, 1.54) is 5.57 Å². The minimum Gasteiger partial charge on any atom is -0.489 e. The molecule has 1 aliphatic rings. The normalized spacial score (nSPS) is 15.9. The molecule has 0 aliphatic carbocycles. The first-order valence-corrected chi connectivity index (χ1v) is 5.91. The molecule has 2 nitrogen and oxygen atoms in total. The zero-order valence-electron chi connectivity index (χ0n) is 8.50. The molecule has 80 valence electrons. The van der Waals surface area contributed by atoms with Gasteiger partial charge in [0, 0.05) is 11.0 Å². The van der Waals surface area contributed by atoms with Gasteiger partial charge in [0.2, 0.25) is 0 Å². The van der Waals surface area contributed by atoms with Crippen LogP contribution in [0.15, 0.2) is 40.4 Å². The SMILES string of the molecule is Brc1ccc(OCC2=CCNCC2)cc1. The molecule has 0 saturated carbocycles. The van der Waals surface area contributed by atoms with Gasteiger partial charge in [-0.15, -0.1) is 0 Å². The van der Waals surface area contributed by atoms with Crippen LogP contribution in [0, 0.1) is 0 Å². The lowest BCUT2D eigenvalue weighted by Crippen LogP contribution is -2.22. The van der Waals surface area contributed by atoms with E-state index in [9.17, 15) is 0 Å². The lowest BCUT2D eigenvalue weighted by molar-refractivity contribution is 0.344. The van der Waals surface area contributed by atoms with Crippen molar-refractivity contribution in [2.75, 3.05) is 19.7 Å². The van der Waals surface area contributed by atoms with Crippen LogP contribution in [0.4, 0.5) is 0 Å². The van der Waals surface area contributed by atoms with Crippen LogP contribution in [0.1, 0.15) is 6.42 Å². The molecule has 0 saturated heterocycles. The average Bonchev–Trinajstić information content (AvgIpc) is 2.30. The highest BCUT2D eigenvalue weighted by Gasteiger charge is 2.03. The van der Waals surface area contributed by atoms with Crippen LogP contribution in [0.3, 0.4) is 0 Å². The predicted octanol–water partition coefficient (Wildman–Crippen LogP) is 2.75. The fourth-order valence-corrected chi connectivity index (χ4v) is 1.77. The summed E-state index contributed by atoms with van der Waals surface area (Å²) in [6.07, 6.45) is 3.30. The Bertz CT molecular complexity index is 345. The third kappa shape index (κ3) is 3.36. The zero-order valence-corrected chi connectivity index (χ0v) is 10.1. The molecule has 1 aromatic carbocycles. The summed E-state index contributed by atoms with van der Waals surface area (Å²) in [5, 5.41) is 3.28. The van der Waals surface area contributed by atoms with Crippen LogP contribution in [0.2, 0.25) is 0 Å². The molecule has 0 atom stereocenters. The van der Waals surface area contributed by atoms with Gasteiger partial charge in [-0.3, -0.25) is 0 Å². The third-order valence-electron chi connectivity index (χ3n) is 2.40. The fourth-order valence-electron chi connectivity index (χ4n) is 1.51. The Morgan fingerprint density at radius 1 is 1.27 bits per heavy atom. The number of halogens is 1. The van der Waals surface area contributed by atoms with Crippen LogP contribution in [-0.4, -0.2) is 19.7 Å². The Kier molecular flexibility index (Phi) is 3.80. The maximum absolute atomic E-state index is 5.68. The molecule has 1 aliphatic heterocycles. The smallest absolute Gasteiger partial charge is 0.119 e. The Morgan fingerprint density at radius 2 is 2.07 bits per heavy atom. The van der Waals surface area contributed by atoms with Gasteiger partial charge in [-0.25, -0.2) is 0 Å². The van der Waals surface area contributed by atoms with Gasteiger partial charge in [-0.2, -0.15) is 0 Å². The summed E-state index contributed by atoms with van der Waals surface area (Å²) in [5.74, 6) is 0.928. The first-order valence-electron chi connectivity index (χ1n) is 5.11. The maximum atomic E-state index is 5.68. The topological polar surface area (TPSA) is 21.3 Å². The van der Waals surface area contributed by atoms with Crippen molar-refractivity contribution in [3.05, 3.63) is 40.4 Å². The standard InChI is InChI=1S/C12H14BrNO/c13-11-1-3-12(4-2-11)15-9-10-5-7-14-8-6-10/h1-5,14H,6-9H2. The monoisotopic (exact) mass is 267 g/mol. The van der Waals surface area contributed by atoms with Crippen molar-refractivity contribution >= 4 is 15.9 Å². The van der Waals surface area contributed by atoms with E-state index >= 15 is 0 Å². The Hall–Kier alpha value is -0.800. The van der Waals surface area contributed by atoms with E-state index in [2.05, 4.69) is 27.3 Å². The quantitative estimate of drug-likeness (QED) is 0.851. The average molecular weight is 268 g/mol. The van der Waals surface area contributed by atoms with E-state index in [1.807, 2.05) is 24.3 Å². The number of rotatable bonds is 3. The first kappa shape index (κ1) is 10.7. The molecule has 0 bridgehead atoms. The largest absolute Gasteiger partial charge is 0.489 e. The number of nitrogens with one attached hydrogen (secondary N) is 1. The van der Waals surface area contributed by atoms with Gasteiger partial charge in [0.25, 0.3) is 0 Å². The van der Waals surface area contributed by atoms with Gasteiger partial charge in [0.05, 0.1) is 0 Å². The van der Waals surface area contributed by atoms with Gasteiger partial charge in [0.15, 0.2) is 0 Å². The summed E-state index contributed by atoms with van der Waals surface area (Å²) in [4.78, 5) is 0. The second kappa shape index (κ2) is 5.33. The van der Waals surface area contributed by atoms with Gasteiger partial charge in [-0.05, 0) is 42.8 Å². The summed E-state index contributed by atoms with van der Waals surface area (Å²) in [6.45, 7) is 2.75. The number of ether oxygens (including phenoxy) is 1. The van der Waals surface area contributed by atoms with Crippen molar-refractivity contribution in [1.29, 1.82) is 0 Å². The van der Waals surface area contributed by atoms with Crippen molar-refractivity contribution in [3.63, 3.8) is 0 Å². The zero-order chi connectivity index (χ0) is 10.5. The van der Waals surface area contributed by atoms with Crippen LogP contribution in [0.5, 0.6) is 5.75 Å². The molecule has 1 heterocycles. The van der Waals surface area contributed by atoms with E-state index in [0.717, 1.165) is 29.7 Å². The lowest BCUT2D eigenvalue weighted by Gasteiger charge is -2.14. The van der Waals surface area contributed by atoms with Gasteiger partial charge >= 0.3 is 0 Å². The van der Waals surface area contributed by atoms with Crippen molar-refractivity contribution in [2.24, 2.45) is 0 Å². The van der Waals surface area contributed by atoms with Gasteiger partial charge in [0.1, 0.15) is 12.4 Å². The molecule has 1 aromatic rings. The minimum atomic E-state index is 0.712. The summed E-state index contributed by atoms with van der Waals surface area (Å²) in [7, 11) is 0. The van der Waals surface area contributed by atoms with Crippen molar-refractivity contribution in [3.8, 4) is 5.75 Å². The minimum absolute atomic E-state index is 0.712. The van der Waals surface area contributed by atoms with E-state index in [1.54, 1.807) is 0 Å². The van der Waals surface area contributed by atoms with Crippen molar-refractivity contribution in [2.45, 2.75) is 6.42 Å². The molecule has 0 amide bonds. The number of hydrogen-bond donors (Lipinski definition) is 1. The van der Waals surface area contributed by atoms with Gasteiger partial charge < -0.3 is 10.1 Å². The van der Waals surface area contributed by atoms with Crippen molar-refractivity contribution in [1.82, 2.24) is 5.32 Å². The van der Waals surface area contributed by atoms with E-state index in [0.29, 0.717) is 6.61 Å². The maximum Gasteiger partial charge on any atom is 0.119 e. The Morgan fingerprint density at radius 3 is 2.73 bits per heavy atom. The summed E-state index contributed by atoms with van der Waals surface area (Å²) >= 11 is 3.40. The highest BCUT2D eigenvalue weighted by Crippen LogP contribution is 2.17. The second-order valence-corrected chi connectivity index (χ2v) is 4.47. The molecule has 1 N–H and O–H groups in total. The molecule has 2 rings (SSSR count). The van der Waals surface area contributed by atoms with Crippen LogP contribution >= 0.6 is 15.9 Å². The van der Waals surface area contributed by atoms with Crippen LogP contribution in [0.25, 0.3) is 0 Å². The second-order valence-electron chi connectivity index (χ2n) is 3.56. The summed E-state index contributed by atoms with van der Waals surface area (Å²) < 4.78 is 6.76. The molecule has 3 heteroatoms. The van der Waals surface area contributed by atoms with Gasteiger partial charge in [-0.1, -0.05) is 22.0 Å². The first-order chi connectivity index (χ1) is 7.34. The molecule has 0 spiro atoms.